The Labute approximate surface area is 145 Å². The second kappa shape index (κ2) is 7.02. The molecule has 0 aliphatic carbocycles. The van der Waals surface area contributed by atoms with E-state index in [-0.39, 0.29) is 24.5 Å². The number of halogens is 2. The minimum Gasteiger partial charge on any atom is -0.461 e. The van der Waals surface area contributed by atoms with E-state index in [0.717, 1.165) is 28.4 Å². The molecule has 3 aromatic rings. The van der Waals surface area contributed by atoms with E-state index >= 15 is 0 Å². The number of carbonyl (C=O) groups is 2. The summed E-state index contributed by atoms with van der Waals surface area (Å²) in [6, 6.07) is 6.26. The summed E-state index contributed by atoms with van der Waals surface area (Å²) in [6.45, 7) is 1.67. The maximum atomic E-state index is 13.7. The van der Waals surface area contributed by atoms with Crippen LogP contribution in [0, 0.1) is 11.6 Å². The number of hydrogen-bond acceptors (Lipinski definition) is 4. The van der Waals surface area contributed by atoms with Crippen molar-refractivity contribution in [3.8, 4) is 0 Å². The van der Waals surface area contributed by atoms with E-state index < -0.39 is 23.5 Å². The molecule has 0 bridgehead atoms. The van der Waals surface area contributed by atoms with Crippen LogP contribution in [0.2, 0.25) is 0 Å². The van der Waals surface area contributed by atoms with E-state index in [2.05, 4.69) is 5.32 Å². The summed E-state index contributed by atoms with van der Waals surface area (Å²) >= 11 is 1.37. The van der Waals surface area contributed by atoms with Gasteiger partial charge in [0.25, 0.3) is 0 Å². The largest absolute Gasteiger partial charge is 0.461 e. The van der Waals surface area contributed by atoms with Crippen LogP contribution in [0.1, 0.15) is 17.4 Å². The summed E-state index contributed by atoms with van der Waals surface area (Å²) in [5.74, 6) is -2.53. The van der Waals surface area contributed by atoms with E-state index in [4.69, 9.17) is 4.74 Å². The molecule has 0 aliphatic heterocycles. The lowest BCUT2D eigenvalue weighted by Crippen LogP contribution is -2.22. The minimum atomic E-state index is -0.742. The number of hydrogen-bond donors (Lipinski definition) is 1. The van der Waals surface area contributed by atoms with Crippen molar-refractivity contribution in [1.29, 1.82) is 0 Å². The first-order valence-electron chi connectivity index (χ1n) is 7.48. The van der Waals surface area contributed by atoms with Gasteiger partial charge in [0.05, 0.1) is 12.3 Å². The van der Waals surface area contributed by atoms with Gasteiger partial charge in [0.2, 0.25) is 5.91 Å². The van der Waals surface area contributed by atoms with E-state index in [9.17, 15) is 18.4 Å². The number of thiophene rings is 1. The van der Waals surface area contributed by atoms with Crippen LogP contribution in [0.15, 0.2) is 35.7 Å². The van der Waals surface area contributed by atoms with Crippen LogP contribution in [0.25, 0.3) is 10.2 Å². The number of nitrogens with zero attached hydrogens (tertiary/aromatic N) is 1. The van der Waals surface area contributed by atoms with Gasteiger partial charge in [-0.25, -0.2) is 13.6 Å². The molecule has 0 radical (unpaired) electrons. The molecule has 0 fully saturated rings. The van der Waals surface area contributed by atoms with Gasteiger partial charge in [-0.05, 0) is 36.6 Å². The van der Waals surface area contributed by atoms with Crippen molar-refractivity contribution in [1.82, 2.24) is 4.57 Å². The number of rotatable bonds is 5. The molecule has 0 saturated heterocycles. The van der Waals surface area contributed by atoms with Gasteiger partial charge in [0.1, 0.15) is 28.7 Å². The van der Waals surface area contributed by atoms with Crippen LogP contribution in [0.5, 0.6) is 0 Å². The lowest BCUT2D eigenvalue weighted by Gasteiger charge is -2.10. The van der Waals surface area contributed by atoms with Gasteiger partial charge in [-0.2, -0.15) is 0 Å². The number of aromatic nitrogens is 1. The highest BCUT2D eigenvalue weighted by Gasteiger charge is 2.20. The number of benzene rings is 1. The fourth-order valence-electron chi connectivity index (χ4n) is 2.43. The Morgan fingerprint density at radius 1 is 1.24 bits per heavy atom. The Bertz CT molecular complexity index is 949. The highest BCUT2D eigenvalue weighted by Crippen LogP contribution is 2.26. The Hall–Kier alpha value is -2.74. The molecular weight excluding hydrogens is 350 g/mol. The topological polar surface area (TPSA) is 60.3 Å². The lowest BCUT2D eigenvalue weighted by atomic mass is 10.3. The molecule has 2 heterocycles. The summed E-state index contributed by atoms with van der Waals surface area (Å²) in [7, 11) is 0. The number of fused-ring (bicyclic) bond motifs is 1. The molecule has 0 spiro atoms. The second-order valence-corrected chi connectivity index (χ2v) is 6.08. The predicted molar refractivity (Wildman–Crippen MR) is 90.8 cm³/mol. The molecule has 25 heavy (non-hydrogen) atoms. The van der Waals surface area contributed by atoms with Crippen LogP contribution < -0.4 is 5.32 Å². The lowest BCUT2D eigenvalue weighted by molar-refractivity contribution is -0.116. The van der Waals surface area contributed by atoms with Crippen molar-refractivity contribution >= 4 is 39.1 Å². The Balaban J connectivity index is 1.87. The van der Waals surface area contributed by atoms with E-state index in [0.29, 0.717) is 0 Å². The standard InChI is InChI=1S/C17H14F2N2O3S/c1-2-24-17(23)14-7-10-5-6-25-16(10)21(14)9-15(22)20-13-8-11(18)3-4-12(13)19/h3-8H,2,9H2,1H3,(H,20,22). The fraction of sp³-hybridized carbons (Fsp3) is 0.176. The van der Waals surface area contributed by atoms with Crippen molar-refractivity contribution in [3.05, 3.63) is 53.0 Å². The average molecular weight is 364 g/mol. The smallest absolute Gasteiger partial charge is 0.355 e. The maximum Gasteiger partial charge on any atom is 0.355 e. The molecule has 0 aliphatic rings. The average Bonchev–Trinajstić information content (AvgIpc) is 3.14. The summed E-state index contributed by atoms with van der Waals surface area (Å²) in [5, 5.41) is 4.96. The van der Waals surface area contributed by atoms with Gasteiger partial charge in [0, 0.05) is 11.5 Å². The summed E-state index contributed by atoms with van der Waals surface area (Å²) in [4.78, 5) is 25.1. The number of carbonyl (C=O) groups excluding carboxylic acids is 2. The first-order chi connectivity index (χ1) is 12.0. The first-order valence-corrected chi connectivity index (χ1v) is 8.36. The zero-order chi connectivity index (χ0) is 18.0. The zero-order valence-corrected chi connectivity index (χ0v) is 14.0. The van der Waals surface area contributed by atoms with Crippen LogP contribution >= 0.6 is 11.3 Å². The number of nitrogens with one attached hydrogen (secondary N) is 1. The summed E-state index contributed by atoms with van der Waals surface area (Å²) in [5.41, 5.74) is -0.0178. The van der Waals surface area contributed by atoms with Crippen molar-refractivity contribution in [2.45, 2.75) is 13.5 Å². The molecule has 0 atom stereocenters. The van der Waals surface area contributed by atoms with Gasteiger partial charge in [-0.3, -0.25) is 4.79 Å². The van der Waals surface area contributed by atoms with Crippen molar-refractivity contribution in [2.75, 3.05) is 11.9 Å². The highest BCUT2D eigenvalue weighted by molar-refractivity contribution is 7.16. The second-order valence-electron chi connectivity index (χ2n) is 5.19. The molecule has 5 nitrogen and oxygen atoms in total. The van der Waals surface area contributed by atoms with Crippen LogP contribution in [0.3, 0.4) is 0 Å². The Morgan fingerprint density at radius 2 is 2.04 bits per heavy atom. The van der Waals surface area contributed by atoms with Gasteiger partial charge >= 0.3 is 5.97 Å². The van der Waals surface area contributed by atoms with E-state index in [1.165, 1.54) is 15.9 Å². The third-order valence-corrected chi connectivity index (χ3v) is 4.44. The minimum absolute atomic E-state index is 0.207. The Kier molecular flexibility index (Phi) is 4.80. The summed E-state index contributed by atoms with van der Waals surface area (Å²) < 4.78 is 33.4. The third-order valence-electron chi connectivity index (χ3n) is 3.49. The van der Waals surface area contributed by atoms with Gasteiger partial charge in [-0.1, -0.05) is 0 Å². The molecule has 1 amide bonds. The van der Waals surface area contributed by atoms with Crippen LogP contribution in [-0.2, 0) is 16.1 Å². The first kappa shape index (κ1) is 17.1. The third kappa shape index (κ3) is 3.53. The van der Waals surface area contributed by atoms with Gasteiger partial charge in [0.15, 0.2) is 0 Å². The SMILES string of the molecule is CCOC(=O)c1cc2ccsc2n1CC(=O)Nc1cc(F)ccc1F. The highest BCUT2D eigenvalue weighted by atomic mass is 32.1. The molecule has 2 aromatic heterocycles. The van der Waals surface area contributed by atoms with E-state index in [1.54, 1.807) is 13.0 Å². The van der Waals surface area contributed by atoms with E-state index in [1.807, 2.05) is 11.4 Å². The molecule has 0 saturated carbocycles. The zero-order valence-electron chi connectivity index (χ0n) is 13.2. The number of anilines is 1. The van der Waals surface area contributed by atoms with Crippen LogP contribution in [-0.4, -0.2) is 23.1 Å². The fourth-order valence-corrected chi connectivity index (χ4v) is 3.33. The van der Waals surface area contributed by atoms with Crippen LogP contribution in [0.4, 0.5) is 14.5 Å². The molecule has 1 aromatic carbocycles. The molecular formula is C17H14F2N2O3S. The van der Waals surface area contributed by atoms with Gasteiger partial charge < -0.3 is 14.6 Å². The number of ether oxygens (including phenoxy) is 1. The number of amides is 1. The number of esters is 1. The monoisotopic (exact) mass is 364 g/mol. The van der Waals surface area contributed by atoms with Crippen molar-refractivity contribution in [3.63, 3.8) is 0 Å². The molecule has 130 valence electrons. The predicted octanol–water partition coefficient (Wildman–Crippen LogP) is 3.80. The normalized spacial score (nSPS) is 10.8. The molecule has 0 unspecified atom stereocenters. The quantitative estimate of drug-likeness (QED) is 0.701. The molecule has 3 rings (SSSR count). The Morgan fingerprint density at radius 3 is 2.80 bits per heavy atom. The molecule has 1 N–H and O–H groups in total. The summed E-state index contributed by atoms with van der Waals surface area (Å²) in [6.07, 6.45) is 0. The van der Waals surface area contributed by atoms with Crippen molar-refractivity contribution in [2.24, 2.45) is 0 Å². The van der Waals surface area contributed by atoms with Crippen molar-refractivity contribution < 1.29 is 23.1 Å². The molecule has 8 heteroatoms. The maximum absolute atomic E-state index is 13.7. The van der Waals surface area contributed by atoms with Gasteiger partial charge in [-0.15, -0.1) is 11.3 Å².